The summed E-state index contributed by atoms with van der Waals surface area (Å²) in [5.74, 6) is 1.47. The second-order valence-corrected chi connectivity index (χ2v) is 5.35. The number of hydrogen-bond donors (Lipinski definition) is 2. The van der Waals surface area contributed by atoms with Crippen LogP contribution in [0.3, 0.4) is 0 Å². The van der Waals surface area contributed by atoms with E-state index in [0.717, 1.165) is 17.9 Å². The van der Waals surface area contributed by atoms with Gasteiger partial charge in [0.05, 0.1) is 18.4 Å². The summed E-state index contributed by atoms with van der Waals surface area (Å²) in [6, 6.07) is 10.2. The van der Waals surface area contributed by atoms with E-state index in [0.29, 0.717) is 29.7 Å². The predicted molar refractivity (Wildman–Crippen MR) is 87.5 cm³/mol. The molecule has 0 fully saturated rings. The van der Waals surface area contributed by atoms with E-state index in [1.54, 1.807) is 31.4 Å². The second kappa shape index (κ2) is 6.84. The van der Waals surface area contributed by atoms with Gasteiger partial charge in [0.1, 0.15) is 11.6 Å². The molecule has 3 aromatic rings. The lowest BCUT2D eigenvalue weighted by atomic mass is 10.2. The lowest BCUT2D eigenvalue weighted by Crippen LogP contribution is -2.07. The molecular weight excluding hydrogens is 333 g/mol. The number of nitrogens with zero attached hydrogens (tertiary/aromatic N) is 2. The van der Waals surface area contributed by atoms with E-state index >= 15 is 0 Å². The Bertz CT molecular complexity index is 847. The molecule has 1 aromatic carbocycles. The fourth-order valence-electron chi connectivity index (χ4n) is 2.21. The third-order valence-electron chi connectivity index (χ3n) is 3.32. The Morgan fingerprint density at radius 2 is 1.92 bits per heavy atom. The van der Waals surface area contributed by atoms with Crippen LogP contribution in [0.4, 0.5) is 30.6 Å². The molecular formula is C17H15F3N4O. The summed E-state index contributed by atoms with van der Waals surface area (Å²) in [7, 11) is 0. The van der Waals surface area contributed by atoms with Crippen LogP contribution in [0.5, 0.6) is 0 Å². The van der Waals surface area contributed by atoms with E-state index < -0.39 is 11.7 Å². The predicted octanol–water partition coefficient (Wildman–Crippen LogP) is 4.75. The summed E-state index contributed by atoms with van der Waals surface area (Å²) in [6.45, 7) is 2.18. The number of hydrogen-bond acceptors (Lipinski definition) is 5. The zero-order valence-corrected chi connectivity index (χ0v) is 13.3. The molecule has 0 aliphatic rings. The van der Waals surface area contributed by atoms with Gasteiger partial charge in [-0.25, -0.2) is 4.98 Å². The highest BCUT2D eigenvalue weighted by molar-refractivity contribution is 5.58. The molecule has 2 N–H and O–H groups in total. The minimum atomic E-state index is -4.39. The number of aromatic nitrogens is 2. The van der Waals surface area contributed by atoms with E-state index in [1.807, 2.05) is 6.07 Å². The van der Waals surface area contributed by atoms with Crippen molar-refractivity contribution in [1.29, 1.82) is 0 Å². The summed E-state index contributed by atoms with van der Waals surface area (Å²) < 4.78 is 43.6. The molecule has 0 aliphatic heterocycles. The largest absolute Gasteiger partial charge is 0.467 e. The van der Waals surface area contributed by atoms with Crippen molar-refractivity contribution < 1.29 is 17.6 Å². The molecule has 25 heavy (non-hydrogen) atoms. The summed E-state index contributed by atoms with van der Waals surface area (Å²) >= 11 is 0. The fraction of sp³-hybridized carbons (Fsp3) is 0.176. The van der Waals surface area contributed by atoms with Crippen molar-refractivity contribution in [3.63, 3.8) is 0 Å². The van der Waals surface area contributed by atoms with Gasteiger partial charge in [0.2, 0.25) is 5.95 Å². The molecule has 0 bridgehead atoms. The van der Waals surface area contributed by atoms with Crippen LogP contribution in [0.25, 0.3) is 0 Å². The minimum Gasteiger partial charge on any atom is -0.467 e. The SMILES string of the molecule is Cc1cc(Nc2cccc(C(F)(F)F)c2)nc(NCc2ccco2)n1. The molecule has 130 valence electrons. The maximum Gasteiger partial charge on any atom is 0.416 e. The normalized spacial score (nSPS) is 11.4. The Labute approximate surface area is 141 Å². The fourth-order valence-corrected chi connectivity index (χ4v) is 2.21. The molecule has 8 heteroatoms. The number of furan rings is 1. The van der Waals surface area contributed by atoms with Gasteiger partial charge in [-0.2, -0.15) is 18.2 Å². The Kier molecular flexibility index (Phi) is 4.60. The molecule has 5 nitrogen and oxygen atoms in total. The summed E-state index contributed by atoms with van der Waals surface area (Å²) in [5, 5.41) is 5.89. The van der Waals surface area contributed by atoms with Gasteiger partial charge < -0.3 is 15.1 Å². The Morgan fingerprint density at radius 1 is 1.08 bits per heavy atom. The Balaban J connectivity index is 1.76. The van der Waals surface area contributed by atoms with Gasteiger partial charge in [-0.1, -0.05) is 6.07 Å². The van der Waals surface area contributed by atoms with E-state index in [1.165, 1.54) is 6.07 Å². The van der Waals surface area contributed by atoms with Gasteiger partial charge in [0, 0.05) is 17.4 Å². The van der Waals surface area contributed by atoms with Crippen molar-refractivity contribution in [3.05, 3.63) is 65.7 Å². The zero-order valence-electron chi connectivity index (χ0n) is 13.3. The minimum absolute atomic E-state index is 0.296. The van der Waals surface area contributed by atoms with Crippen LogP contribution >= 0.6 is 0 Å². The maximum atomic E-state index is 12.8. The number of benzene rings is 1. The van der Waals surface area contributed by atoms with Crippen LogP contribution < -0.4 is 10.6 Å². The molecule has 3 rings (SSSR count). The number of aryl methyl sites for hydroxylation is 1. The molecule has 0 saturated carbocycles. The number of alkyl halides is 3. The third kappa shape index (κ3) is 4.50. The van der Waals surface area contributed by atoms with Crippen molar-refractivity contribution in [2.75, 3.05) is 10.6 Å². The van der Waals surface area contributed by atoms with Crippen LogP contribution in [-0.2, 0) is 12.7 Å². The quantitative estimate of drug-likeness (QED) is 0.696. The molecule has 2 heterocycles. The number of rotatable bonds is 5. The highest BCUT2D eigenvalue weighted by Gasteiger charge is 2.30. The smallest absolute Gasteiger partial charge is 0.416 e. The van der Waals surface area contributed by atoms with E-state index in [9.17, 15) is 13.2 Å². The lowest BCUT2D eigenvalue weighted by Gasteiger charge is -2.11. The zero-order chi connectivity index (χ0) is 17.9. The number of nitrogens with one attached hydrogen (secondary N) is 2. The Hall–Kier alpha value is -3.03. The average Bonchev–Trinajstić information content (AvgIpc) is 3.05. The van der Waals surface area contributed by atoms with Crippen molar-refractivity contribution in [3.8, 4) is 0 Å². The molecule has 2 aromatic heterocycles. The van der Waals surface area contributed by atoms with Gasteiger partial charge in [-0.3, -0.25) is 0 Å². The monoisotopic (exact) mass is 348 g/mol. The van der Waals surface area contributed by atoms with E-state index in [2.05, 4.69) is 20.6 Å². The average molecular weight is 348 g/mol. The maximum absolute atomic E-state index is 12.8. The van der Waals surface area contributed by atoms with Gasteiger partial charge in [0.15, 0.2) is 0 Å². The standard InChI is InChI=1S/C17H15F3N4O/c1-11-8-15(23-13-5-2-4-12(9-13)17(18,19)20)24-16(22-11)21-10-14-6-3-7-25-14/h2-9H,10H2,1H3,(H2,21,22,23,24). The molecule has 0 amide bonds. The highest BCUT2D eigenvalue weighted by atomic mass is 19.4. The summed E-state index contributed by atoms with van der Waals surface area (Å²) in [4.78, 5) is 8.51. The van der Waals surface area contributed by atoms with Gasteiger partial charge >= 0.3 is 6.18 Å². The summed E-state index contributed by atoms with van der Waals surface area (Å²) in [6.07, 6.45) is -2.83. The second-order valence-electron chi connectivity index (χ2n) is 5.35. The lowest BCUT2D eigenvalue weighted by molar-refractivity contribution is -0.137. The number of halogens is 3. The van der Waals surface area contributed by atoms with Crippen molar-refractivity contribution in [1.82, 2.24) is 9.97 Å². The molecule has 0 radical (unpaired) electrons. The van der Waals surface area contributed by atoms with Crippen molar-refractivity contribution in [2.45, 2.75) is 19.6 Å². The van der Waals surface area contributed by atoms with Gasteiger partial charge in [0.25, 0.3) is 0 Å². The molecule has 0 saturated heterocycles. The first-order valence-electron chi connectivity index (χ1n) is 7.46. The van der Waals surface area contributed by atoms with E-state index in [-0.39, 0.29) is 0 Å². The van der Waals surface area contributed by atoms with Crippen LogP contribution in [-0.4, -0.2) is 9.97 Å². The Morgan fingerprint density at radius 3 is 2.64 bits per heavy atom. The van der Waals surface area contributed by atoms with Crippen molar-refractivity contribution >= 4 is 17.5 Å². The summed E-state index contributed by atoms with van der Waals surface area (Å²) in [5.41, 5.74) is 0.246. The molecule has 0 unspecified atom stereocenters. The van der Waals surface area contributed by atoms with Crippen LogP contribution in [0.2, 0.25) is 0 Å². The number of anilines is 3. The van der Waals surface area contributed by atoms with E-state index in [4.69, 9.17) is 4.42 Å². The van der Waals surface area contributed by atoms with Gasteiger partial charge in [-0.15, -0.1) is 0 Å². The van der Waals surface area contributed by atoms with Crippen LogP contribution in [0.15, 0.2) is 53.1 Å². The third-order valence-corrected chi connectivity index (χ3v) is 3.32. The first kappa shape index (κ1) is 16.8. The molecule has 0 atom stereocenters. The van der Waals surface area contributed by atoms with Gasteiger partial charge in [-0.05, 0) is 37.3 Å². The van der Waals surface area contributed by atoms with Crippen LogP contribution in [0, 0.1) is 6.92 Å². The highest BCUT2D eigenvalue weighted by Crippen LogP contribution is 2.31. The van der Waals surface area contributed by atoms with Crippen LogP contribution in [0.1, 0.15) is 17.0 Å². The topological polar surface area (TPSA) is 63.0 Å². The first-order chi connectivity index (χ1) is 11.9. The molecule has 0 aliphatic carbocycles. The van der Waals surface area contributed by atoms with Crippen molar-refractivity contribution in [2.24, 2.45) is 0 Å². The molecule has 0 spiro atoms. The first-order valence-corrected chi connectivity index (χ1v) is 7.46.